The standard InChI is InChI=1S/C12H20N4O2/c1-7(6-18-2)5-14-12(17)11-9(13)10(15-16-11)8-3-4-8/h7-8H,3-6,13H2,1-2H3,(H,14,17)(H,15,16). The maximum Gasteiger partial charge on any atom is 0.273 e. The molecule has 1 fully saturated rings. The molecule has 0 aromatic carbocycles. The molecule has 4 N–H and O–H groups in total. The van der Waals surface area contributed by atoms with E-state index in [0.717, 1.165) is 18.5 Å². The van der Waals surface area contributed by atoms with Crippen LogP contribution in [0.25, 0.3) is 0 Å². The number of hydrogen-bond acceptors (Lipinski definition) is 4. The van der Waals surface area contributed by atoms with Crippen LogP contribution >= 0.6 is 0 Å². The SMILES string of the molecule is COCC(C)CNC(=O)c1n[nH]c(C2CC2)c1N. The summed E-state index contributed by atoms with van der Waals surface area (Å²) in [6, 6.07) is 0. The highest BCUT2D eigenvalue weighted by Crippen LogP contribution is 2.42. The summed E-state index contributed by atoms with van der Waals surface area (Å²) < 4.78 is 5.01. The molecule has 0 radical (unpaired) electrons. The van der Waals surface area contributed by atoms with Crippen molar-refractivity contribution in [3.05, 3.63) is 11.4 Å². The van der Waals surface area contributed by atoms with Gasteiger partial charge in [-0.15, -0.1) is 0 Å². The average molecular weight is 252 g/mol. The molecule has 1 aromatic rings. The lowest BCUT2D eigenvalue weighted by atomic mass is 10.2. The molecule has 0 spiro atoms. The molecule has 1 aromatic heterocycles. The van der Waals surface area contributed by atoms with Gasteiger partial charge in [0.1, 0.15) is 0 Å². The van der Waals surface area contributed by atoms with Crippen LogP contribution in [0.15, 0.2) is 0 Å². The van der Waals surface area contributed by atoms with Crippen molar-refractivity contribution < 1.29 is 9.53 Å². The number of nitrogens with one attached hydrogen (secondary N) is 2. The highest BCUT2D eigenvalue weighted by molar-refractivity contribution is 5.97. The van der Waals surface area contributed by atoms with Crippen LogP contribution in [0.3, 0.4) is 0 Å². The molecule has 1 aliphatic carbocycles. The second-order valence-electron chi connectivity index (χ2n) is 4.94. The predicted molar refractivity (Wildman–Crippen MR) is 68.3 cm³/mol. The van der Waals surface area contributed by atoms with Gasteiger partial charge in [0.15, 0.2) is 5.69 Å². The minimum Gasteiger partial charge on any atom is -0.395 e. The Labute approximate surface area is 106 Å². The van der Waals surface area contributed by atoms with Crippen molar-refractivity contribution in [3.63, 3.8) is 0 Å². The number of anilines is 1. The van der Waals surface area contributed by atoms with Gasteiger partial charge in [-0.3, -0.25) is 9.89 Å². The normalized spacial score (nSPS) is 16.6. The first-order valence-electron chi connectivity index (χ1n) is 6.24. The molecular formula is C12H20N4O2. The van der Waals surface area contributed by atoms with E-state index in [1.165, 1.54) is 0 Å². The quantitative estimate of drug-likeness (QED) is 0.700. The van der Waals surface area contributed by atoms with Crippen LogP contribution < -0.4 is 11.1 Å². The lowest BCUT2D eigenvalue weighted by Gasteiger charge is -2.10. The van der Waals surface area contributed by atoms with Gasteiger partial charge in [0, 0.05) is 19.6 Å². The lowest BCUT2D eigenvalue weighted by molar-refractivity contribution is 0.0930. The van der Waals surface area contributed by atoms with Crippen LogP contribution in [0.2, 0.25) is 0 Å². The average Bonchev–Trinajstić information content (AvgIpc) is 3.10. The Morgan fingerprint density at radius 3 is 3.00 bits per heavy atom. The molecule has 0 aliphatic heterocycles. The van der Waals surface area contributed by atoms with Crippen molar-refractivity contribution in [3.8, 4) is 0 Å². The summed E-state index contributed by atoms with van der Waals surface area (Å²) in [5.74, 6) is 0.507. The molecule has 2 rings (SSSR count). The smallest absolute Gasteiger partial charge is 0.273 e. The monoisotopic (exact) mass is 252 g/mol. The van der Waals surface area contributed by atoms with Gasteiger partial charge in [-0.2, -0.15) is 5.10 Å². The number of nitrogens with zero attached hydrogens (tertiary/aromatic N) is 1. The van der Waals surface area contributed by atoms with Crippen molar-refractivity contribution in [2.24, 2.45) is 5.92 Å². The molecule has 1 unspecified atom stereocenters. The number of nitrogen functional groups attached to an aromatic ring is 1. The highest BCUT2D eigenvalue weighted by atomic mass is 16.5. The topological polar surface area (TPSA) is 93.0 Å². The van der Waals surface area contributed by atoms with E-state index in [9.17, 15) is 4.79 Å². The third-order valence-electron chi connectivity index (χ3n) is 3.10. The molecule has 1 aliphatic rings. The zero-order valence-corrected chi connectivity index (χ0v) is 10.8. The van der Waals surface area contributed by atoms with Gasteiger partial charge in [0.05, 0.1) is 18.0 Å². The Morgan fingerprint density at radius 1 is 1.67 bits per heavy atom. The first-order valence-corrected chi connectivity index (χ1v) is 6.24. The van der Waals surface area contributed by atoms with E-state index in [1.54, 1.807) is 7.11 Å². The van der Waals surface area contributed by atoms with Gasteiger partial charge in [0.25, 0.3) is 5.91 Å². The maximum atomic E-state index is 11.9. The van der Waals surface area contributed by atoms with Gasteiger partial charge in [0.2, 0.25) is 0 Å². The number of amides is 1. The number of nitrogens with two attached hydrogens (primary N) is 1. The van der Waals surface area contributed by atoms with Crippen LogP contribution in [0.4, 0.5) is 5.69 Å². The van der Waals surface area contributed by atoms with Gasteiger partial charge in [-0.05, 0) is 18.8 Å². The molecule has 1 heterocycles. The van der Waals surface area contributed by atoms with Crippen molar-refractivity contribution in [2.45, 2.75) is 25.7 Å². The van der Waals surface area contributed by atoms with E-state index in [2.05, 4.69) is 15.5 Å². The lowest BCUT2D eigenvalue weighted by Crippen LogP contribution is -2.30. The van der Waals surface area contributed by atoms with Crippen LogP contribution in [0.5, 0.6) is 0 Å². The molecule has 1 amide bonds. The Hall–Kier alpha value is -1.56. The van der Waals surface area contributed by atoms with E-state index >= 15 is 0 Å². The molecule has 18 heavy (non-hydrogen) atoms. The van der Waals surface area contributed by atoms with Crippen LogP contribution in [0.1, 0.15) is 41.9 Å². The van der Waals surface area contributed by atoms with Gasteiger partial charge in [-0.25, -0.2) is 0 Å². The third kappa shape index (κ3) is 2.81. The number of hydrogen-bond donors (Lipinski definition) is 3. The first-order chi connectivity index (χ1) is 8.63. The van der Waals surface area contributed by atoms with E-state index in [1.807, 2.05) is 6.92 Å². The number of H-pyrrole nitrogens is 1. The number of carbonyl (C=O) groups is 1. The fraction of sp³-hybridized carbons (Fsp3) is 0.667. The van der Waals surface area contributed by atoms with E-state index in [0.29, 0.717) is 30.5 Å². The Bertz CT molecular complexity index is 426. The second kappa shape index (κ2) is 5.39. The molecule has 100 valence electrons. The predicted octanol–water partition coefficient (Wildman–Crippen LogP) is 0.882. The molecule has 0 saturated heterocycles. The van der Waals surface area contributed by atoms with E-state index in [4.69, 9.17) is 10.5 Å². The van der Waals surface area contributed by atoms with E-state index in [-0.39, 0.29) is 11.8 Å². The van der Waals surface area contributed by atoms with Crippen LogP contribution in [-0.4, -0.2) is 36.4 Å². The summed E-state index contributed by atoms with van der Waals surface area (Å²) in [5, 5.41) is 9.69. The van der Waals surface area contributed by atoms with Gasteiger partial charge >= 0.3 is 0 Å². The minimum absolute atomic E-state index is 0.224. The van der Waals surface area contributed by atoms with Gasteiger partial charge < -0.3 is 15.8 Å². The summed E-state index contributed by atoms with van der Waals surface area (Å²) in [7, 11) is 1.64. The van der Waals surface area contributed by atoms with E-state index < -0.39 is 0 Å². The number of carbonyl (C=O) groups excluding carboxylic acids is 1. The maximum absolute atomic E-state index is 11.9. The molecule has 6 nitrogen and oxygen atoms in total. The van der Waals surface area contributed by atoms with Gasteiger partial charge in [-0.1, -0.05) is 6.92 Å². The summed E-state index contributed by atoms with van der Waals surface area (Å²) in [6.45, 7) is 3.18. The number of aromatic amines is 1. The number of rotatable bonds is 6. The molecular weight excluding hydrogens is 232 g/mol. The molecule has 1 saturated carbocycles. The second-order valence-corrected chi connectivity index (χ2v) is 4.94. The van der Waals surface area contributed by atoms with Crippen molar-refractivity contribution in [1.29, 1.82) is 0 Å². The van der Waals surface area contributed by atoms with Crippen molar-refractivity contribution >= 4 is 11.6 Å². The largest absolute Gasteiger partial charge is 0.395 e. The zero-order chi connectivity index (χ0) is 13.1. The van der Waals surface area contributed by atoms with Crippen LogP contribution in [0, 0.1) is 5.92 Å². The summed E-state index contributed by atoms with van der Waals surface area (Å²) in [4.78, 5) is 11.9. The van der Waals surface area contributed by atoms with Crippen molar-refractivity contribution in [2.75, 3.05) is 26.0 Å². The highest BCUT2D eigenvalue weighted by Gasteiger charge is 2.30. The summed E-state index contributed by atoms with van der Waals surface area (Å²) in [6.07, 6.45) is 2.25. The zero-order valence-electron chi connectivity index (χ0n) is 10.8. The van der Waals surface area contributed by atoms with Crippen molar-refractivity contribution in [1.82, 2.24) is 15.5 Å². The fourth-order valence-electron chi connectivity index (χ4n) is 1.91. The molecule has 1 atom stereocenters. The Kier molecular flexibility index (Phi) is 3.86. The first kappa shape index (κ1) is 12.9. The Balaban J connectivity index is 1.92. The fourth-order valence-corrected chi connectivity index (χ4v) is 1.91. The summed E-state index contributed by atoms with van der Waals surface area (Å²) >= 11 is 0. The molecule has 0 bridgehead atoms. The number of aromatic nitrogens is 2. The number of ether oxygens (including phenoxy) is 1. The third-order valence-corrected chi connectivity index (χ3v) is 3.10. The van der Waals surface area contributed by atoms with Crippen LogP contribution in [-0.2, 0) is 4.74 Å². The minimum atomic E-state index is -0.224. The Morgan fingerprint density at radius 2 is 2.39 bits per heavy atom. The summed E-state index contributed by atoms with van der Waals surface area (Å²) in [5.41, 5.74) is 7.64. The number of methoxy groups -OCH3 is 1. The molecule has 6 heteroatoms.